The van der Waals surface area contributed by atoms with Crippen molar-refractivity contribution in [1.82, 2.24) is 19.7 Å². The fourth-order valence-corrected chi connectivity index (χ4v) is 4.57. The maximum absolute atomic E-state index is 12.8. The lowest BCUT2D eigenvalue weighted by Crippen LogP contribution is -2.60. The summed E-state index contributed by atoms with van der Waals surface area (Å²) in [6.07, 6.45) is 0. The van der Waals surface area contributed by atoms with Crippen LogP contribution < -0.4 is 4.90 Å². The SMILES string of the molecule is Cc1noc(C)c1S(=O)(=O)N(C)C1CN(c2ccc(C(C)(C)C)nn2)C1. The molecule has 0 saturated carbocycles. The Bertz CT molecular complexity index is 874. The molecular formula is C17H25N5O3S. The molecule has 9 heteroatoms. The van der Waals surface area contributed by atoms with E-state index in [0.29, 0.717) is 24.5 Å². The normalized spacial score (nSPS) is 16.2. The highest BCUT2D eigenvalue weighted by Gasteiger charge is 2.39. The van der Waals surface area contributed by atoms with Gasteiger partial charge in [-0.2, -0.15) is 9.40 Å². The predicted octanol–water partition coefficient (Wildman–Crippen LogP) is 1.89. The summed E-state index contributed by atoms with van der Waals surface area (Å²) in [7, 11) is -2.04. The summed E-state index contributed by atoms with van der Waals surface area (Å²) in [4.78, 5) is 2.18. The molecule has 0 amide bonds. The third-order valence-electron chi connectivity index (χ3n) is 4.72. The van der Waals surface area contributed by atoms with Crippen molar-refractivity contribution >= 4 is 15.8 Å². The molecule has 0 unspecified atom stereocenters. The summed E-state index contributed by atoms with van der Waals surface area (Å²) in [5.74, 6) is 1.08. The Balaban J connectivity index is 1.70. The van der Waals surface area contributed by atoms with Crippen LogP contribution in [0.25, 0.3) is 0 Å². The third-order valence-corrected chi connectivity index (χ3v) is 6.88. The summed E-state index contributed by atoms with van der Waals surface area (Å²) < 4.78 is 32.1. The predicted molar refractivity (Wildman–Crippen MR) is 97.7 cm³/mol. The first-order valence-electron chi connectivity index (χ1n) is 8.52. The van der Waals surface area contributed by atoms with Crippen LogP contribution in [0.4, 0.5) is 5.82 Å². The monoisotopic (exact) mass is 379 g/mol. The van der Waals surface area contributed by atoms with Crippen LogP contribution in [0.1, 0.15) is 37.9 Å². The molecule has 0 spiro atoms. The van der Waals surface area contributed by atoms with E-state index in [2.05, 4.69) is 36.1 Å². The molecule has 1 aliphatic rings. The van der Waals surface area contributed by atoms with Gasteiger partial charge in [-0.3, -0.25) is 0 Å². The van der Waals surface area contributed by atoms with Gasteiger partial charge in [-0.15, -0.1) is 5.10 Å². The van der Waals surface area contributed by atoms with Crippen molar-refractivity contribution < 1.29 is 12.9 Å². The van der Waals surface area contributed by atoms with Crippen LogP contribution in [0, 0.1) is 13.8 Å². The van der Waals surface area contributed by atoms with Gasteiger partial charge in [-0.1, -0.05) is 25.9 Å². The number of likely N-dealkylation sites (N-methyl/N-ethyl adjacent to an activating group) is 1. The number of anilines is 1. The molecule has 0 atom stereocenters. The Morgan fingerprint density at radius 1 is 1.19 bits per heavy atom. The Morgan fingerprint density at radius 2 is 1.85 bits per heavy atom. The zero-order valence-electron chi connectivity index (χ0n) is 16.0. The van der Waals surface area contributed by atoms with E-state index in [4.69, 9.17) is 4.52 Å². The van der Waals surface area contributed by atoms with Crippen molar-refractivity contribution in [2.75, 3.05) is 25.0 Å². The third kappa shape index (κ3) is 3.21. The molecule has 3 rings (SSSR count). The van der Waals surface area contributed by atoms with Crippen molar-refractivity contribution in [3.05, 3.63) is 29.3 Å². The largest absolute Gasteiger partial charge is 0.360 e. The quantitative estimate of drug-likeness (QED) is 0.801. The Morgan fingerprint density at radius 3 is 2.31 bits per heavy atom. The highest BCUT2D eigenvalue weighted by Crippen LogP contribution is 2.29. The molecule has 1 aliphatic heterocycles. The minimum absolute atomic E-state index is 0.0499. The van der Waals surface area contributed by atoms with Gasteiger partial charge in [-0.25, -0.2) is 8.42 Å². The lowest BCUT2D eigenvalue weighted by molar-refractivity contribution is 0.308. The van der Waals surface area contributed by atoms with Gasteiger partial charge in [0.1, 0.15) is 10.6 Å². The first kappa shape index (κ1) is 18.8. The molecule has 0 aliphatic carbocycles. The molecule has 2 aromatic heterocycles. The van der Waals surface area contributed by atoms with Crippen molar-refractivity contribution in [2.24, 2.45) is 0 Å². The van der Waals surface area contributed by atoms with E-state index in [1.165, 1.54) is 4.31 Å². The number of aryl methyl sites for hydroxylation is 2. The minimum atomic E-state index is -3.63. The number of nitrogens with zero attached hydrogens (tertiary/aromatic N) is 5. The van der Waals surface area contributed by atoms with E-state index in [-0.39, 0.29) is 16.4 Å². The van der Waals surface area contributed by atoms with Crippen molar-refractivity contribution in [2.45, 2.75) is 51.0 Å². The van der Waals surface area contributed by atoms with Crippen molar-refractivity contribution in [1.29, 1.82) is 0 Å². The van der Waals surface area contributed by atoms with Crippen molar-refractivity contribution in [3.63, 3.8) is 0 Å². The van der Waals surface area contributed by atoms with E-state index in [1.807, 2.05) is 17.0 Å². The highest BCUT2D eigenvalue weighted by atomic mass is 32.2. The highest BCUT2D eigenvalue weighted by molar-refractivity contribution is 7.89. The fourth-order valence-electron chi connectivity index (χ4n) is 2.95. The van der Waals surface area contributed by atoms with Gasteiger partial charge in [0.2, 0.25) is 10.0 Å². The Labute approximate surface area is 154 Å². The summed E-state index contributed by atoms with van der Waals surface area (Å²) >= 11 is 0. The summed E-state index contributed by atoms with van der Waals surface area (Å²) in [5, 5.41) is 12.3. The summed E-state index contributed by atoms with van der Waals surface area (Å²) in [6.45, 7) is 10.7. The topological polar surface area (TPSA) is 92.4 Å². The van der Waals surface area contributed by atoms with Gasteiger partial charge >= 0.3 is 0 Å². The van der Waals surface area contributed by atoms with Crippen LogP contribution in [0.2, 0.25) is 0 Å². The molecule has 8 nitrogen and oxygen atoms in total. The van der Waals surface area contributed by atoms with E-state index in [0.717, 1.165) is 11.5 Å². The van der Waals surface area contributed by atoms with Crippen LogP contribution >= 0.6 is 0 Å². The fraction of sp³-hybridized carbons (Fsp3) is 0.588. The second-order valence-electron chi connectivity index (χ2n) is 7.76. The Kier molecular flexibility index (Phi) is 4.56. The molecule has 26 heavy (non-hydrogen) atoms. The molecule has 2 aromatic rings. The molecule has 0 radical (unpaired) electrons. The van der Waals surface area contributed by atoms with E-state index in [1.54, 1.807) is 20.9 Å². The van der Waals surface area contributed by atoms with Gasteiger partial charge in [-0.05, 0) is 26.0 Å². The van der Waals surface area contributed by atoms with E-state index < -0.39 is 10.0 Å². The lowest BCUT2D eigenvalue weighted by atomic mass is 9.92. The number of sulfonamides is 1. The number of hydrogen-bond donors (Lipinski definition) is 0. The zero-order chi connectivity index (χ0) is 19.3. The lowest BCUT2D eigenvalue weighted by Gasteiger charge is -2.43. The molecule has 0 aromatic carbocycles. The number of aromatic nitrogens is 3. The maximum Gasteiger partial charge on any atom is 0.248 e. The molecule has 0 N–H and O–H groups in total. The van der Waals surface area contributed by atoms with Gasteiger partial charge in [0.15, 0.2) is 11.6 Å². The summed E-state index contributed by atoms with van der Waals surface area (Å²) in [6, 6.07) is 3.78. The van der Waals surface area contributed by atoms with Gasteiger partial charge in [0, 0.05) is 25.6 Å². The van der Waals surface area contributed by atoms with Gasteiger partial charge < -0.3 is 9.42 Å². The minimum Gasteiger partial charge on any atom is -0.360 e. The molecule has 3 heterocycles. The first-order valence-corrected chi connectivity index (χ1v) is 9.96. The van der Waals surface area contributed by atoms with E-state index >= 15 is 0 Å². The average molecular weight is 379 g/mol. The van der Waals surface area contributed by atoms with Gasteiger partial charge in [0.05, 0.1) is 11.7 Å². The van der Waals surface area contributed by atoms with Crippen LogP contribution in [0.5, 0.6) is 0 Å². The molecule has 1 saturated heterocycles. The smallest absolute Gasteiger partial charge is 0.248 e. The molecule has 1 fully saturated rings. The standard InChI is InChI=1S/C17H25N5O3S/c1-11-16(12(2)25-20-11)26(23,24)21(6)13-9-22(10-13)15-8-7-14(18-19-15)17(3,4)5/h7-8,13H,9-10H2,1-6H3. The number of rotatable bonds is 4. The van der Waals surface area contributed by atoms with Crippen LogP contribution in [-0.4, -0.2) is 54.3 Å². The van der Waals surface area contributed by atoms with Crippen molar-refractivity contribution in [3.8, 4) is 0 Å². The Hall–Kier alpha value is -2.00. The summed E-state index contributed by atoms with van der Waals surface area (Å²) in [5.41, 5.74) is 1.26. The zero-order valence-corrected chi connectivity index (χ0v) is 16.8. The maximum atomic E-state index is 12.8. The first-order chi connectivity index (χ1) is 12.0. The molecular weight excluding hydrogens is 354 g/mol. The second-order valence-corrected chi connectivity index (χ2v) is 9.69. The number of hydrogen-bond acceptors (Lipinski definition) is 7. The van der Waals surface area contributed by atoms with Crippen LogP contribution in [-0.2, 0) is 15.4 Å². The molecule has 142 valence electrons. The molecule has 0 bridgehead atoms. The second kappa shape index (κ2) is 6.31. The van der Waals surface area contributed by atoms with Crippen LogP contribution in [0.15, 0.2) is 21.6 Å². The van der Waals surface area contributed by atoms with E-state index in [9.17, 15) is 8.42 Å². The average Bonchev–Trinajstić information content (AvgIpc) is 2.85. The van der Waals surface area contributed by atoms with Crippen LogP contribution in [0.3, 0.4) is 0 Å². The van der Waals surface area contributed by atoms with Gasteiger partial charge in [0.25, 0.3) is 0 Å².